The third-order valence-corrected chi connectivity index (χ3v) is 5.90. The molecule has 0 spiro atoms. The molecule has 9 heteroatoms. The van der Waals surface area contributed by atoms with E-state index in [0.29, 0.717) is 30.0 Å². The van der Waals surface area contributed by atoms with Crippen LogP contribution in [-0.4, -0.2) is 63.8 Å². The first-order valence-electron chi connectivity index (χ1n) is 10.0. The average Bonchev–Trinajstić information content (AvgIpc) is 3.23. The lowest BCUT2D eigenvalue weighted by atomic mass is 9.99. The Morgan fingerprint density at radius 3 is 2.93 bits per heavy atom. The van der Waals surface area contributed by atoms with E-state index in [1.165, 1.54) is 5.57 Å². The van der Waals surface area contributed by atoms with Crippen LogP contribution in [0.5, 0.6) is 0 Å². The normalized spacial score (nSPS) is 20.4. The molecule has 1 amide bonds. The van der Waals surface area contributed by atoms with Crippen molar-refractivity contribution in [1.29, 1.82) is 5.26 Å². The average molecular weight is 393 g/mol. The second-order valence-corrected chi connectivity index (χ2v) is 7.95. The van der Waals surface area contributed by atoms with Gasteiger partial charge in [-0.1, -0.05) is 5.57 Å². The molecule has 9 nitrogen and oxygen atoms in total. The number of carbonyl (C=O) groups excluding carboxylic acids is 1. The summed E-state index contributed by atoms with van der Waals surface area (Å²) in [6.07, 6.45) is 6.84. The van der Waals surface area contributed by atoms with Crippen LogP contribution in [0.1, 0.15) is 30.7 Å². The van der Waals surface area contributed by atoms with Gasteiger partial charge in [-0.05, 0) is 31.8 Å². The number of aromatic nitrogens is 4. The summed E-state index contributed by atoms with van der Waals surface area (Å²) in [6, 6.07) is 2.12. The summed E-state index contributed by atoms with van der Waals surface area (Å²) in [5.41, 5.74) is 3.70. The molecule has 2 aliphatic carbocycles. The summed E-state index contributed by atoms with van der Waals surface area (Å²) in [4.78, 5) is 22.9. The quantitative estimate of drug-likeness (QED) is 0.711. The predicted octanol–water partition coefficient (Wildman–Crippen LogP) is 1.70. The van der Waals surface area contributed by atoms with E-state index in [1.54, 1.807) is 6.20 Å². The van der Waals surface area contributed by atoms with Crippen molar-refractivity contribution in [3.63, 3.8) is 0 Å². The fourth-order valence-electron chi connectivity index (χ4n) is 3.89. The maximum Gasteiger partial charge on any atom is 0.244 e. The summed E-state index contributed by atoms with van der Waals surface area (Å²) >= 11 is 0. The van der Waals surface area contributed by atoms with Crippen molar-refractivity contribution in [2.75, 3.05) is 38.2 Å². The number of rotatable bonds is 5. The van der Waals surface area contributed by atoms with Gasteiger partial charge in [-0.2, -0.15) is 10.4 Å². The van der Waals surface area contributed by atoms with Crippen molar-refractivity contribution < 1.29 is 9.53 Å². The van der Waals surface area contributed by atoms with E-state index in [0.717, 1.165) is 57.1 Å². The Morgan fingerprint density at radius 2 is 2.17 bits per heavy atom. The van der Waals surface area contributed by atoms with Gasteiger partial charge in [0.1, 0.15) is 11.1 Å². The van der Waals surface area contributed by atoms with E-state index in [1.807, 2.05) is 0 Å². The highest BCUT2D eigenvalue weighted by molar-refractivity contribution is 6.01. The van der Waals surface area contributed by atoms with Crippen LogP contribution in [0.15, 0.2) is 11.8 Å². The largest absolute Gasteiger partial charge is 0.379 e. The molecule has 5 rings (SSSR count). The highest BCUT2D eigenvalue weighted by Gasteiger charge is 2.50. The molecular weight excluding hydrogens is 370 g/mol. The van der Waals surface area contributed by atoms with E-state index in [2.05, 4.69) is 37.5 Å². The molecule has 1 saturated heterocycles. The third-order valence-electron chi connectivity index (χ3n) is 5.90. The molecule has 1 aliphatic heterocycles. The van der Waals surface area contributed by atoms with Crippen LogP contribution in [0.2, 0.25) is 0 Å². The van der Waals surface area contributed by atoms with Gasteiger partial charge in [0.2, 0.25) is 5.91 Å². The summed E-state index contributed by atoms with van der Waals surface area (Å²) in [5.74, 6) is 0.375. The molecule has 3 N–H and O–H groups in total. The van der Waals surface area contributed by atoms with Gasteiger partial charge in [0.25, 0.3) is 0 Å². The third kappa shape index (κ3) is 3.45. The Bertz CT molecular complexity index is 1000. The maximum atomic E-state index is 12.4. The molecule has 0 bridgehead atoms. The molecule has 150 valence electrons. The number of amides is 1. The minimum atomic E-state index is -0.881. The van der Waals surface area contributed by atoms with Gasteiger partial charge >= 0.3 is 0 Å². The van der Waals surface area contributed by atoms with Crippen LogP contribution >= 0.6 is 0 Å². The van der Waals surface area contributed by atoms with E-state index in [9.17, 15) is 10.1 Å². The molecule has 2 aromatic heterocycles. The van der Waals surface area contributed by atoms with Crippen molar-refractivity contribution in [2.24, 2.45) is 5.41 Å². The van der Waals surface area contributed by atoms with Crippen LogP contribution in [0.25, 0.3) is 17.6 Å². The van der Waals surface area contributed by atoms with Crippen LogP contribution in [0.4, 0.5) is 5.69 Å². The minimum Gasteiger partial charge on any atom is -0.379 e. The van der Waals surface area contributed by atoms with Crippen LogP contribution < -0.4 is 5.32 Å². The number of carbonyl (C=O) groups is 1. The first-order chi connectivity index (χ1) is 14.2. The number of hydrogen-bond acceptors (Lipinski definition) is 6. The second kappa shape index (κ2) is 7.13. The van der Waals surface area contributed by atoms with Gasteiger partial charge in [0.05, 0.1) is 36.9 Å². The van der Waals surface area contributed by atoms with Gasteiger partial charge < -0.3 is 15.0 Å². The lowest BCUT2D eigenvalue weighted by Gasteiger charge is -2.28. The van der Waals surface area contributed by atoms with Gasteiger partial charge in [0.15, 0.2) is 5.82 Å². The smallest absolute Gasteiger partial charge is 0.244 e. The number of imidazole rings is 1. The number of hydrogen-bond donors (Lipinski definition) is 3. The molecule has 2 fully saturated rings. The lowest BCUT2D eigenvalue weighted by molar-refractivity contribution is -0.119. The van der Waals surface area contributed by atoms with E-state index >= 15 is 0 Å². The van der Waals surface area contributed by atoms with Gasteiger partial charge in [-0.25, -0.2) is 4.98 Å². The molecule has 2 aromatic rings. The Kier molecular flexibility index (Phi) is 4.45. The van der Waals surface area contributed by atoms with Crippen molar-refractivity contribution in [2.45, 2.75) is 25.7 Å². The molecule has 29 heavy (non-hydrogen) atoms. The molecule has 0 radical (unpaired) electrons. The summed E-state index contributed by atoms with van der Waals surface area (Å²) < 4.78 is 5.42. The number of aromatic amines is 2. The SMILES string of the molecule is N#CC1(C(=O)Nc2cn[nH]c2-c2nc3c([nH]2)CCC(CN2CCOCC2)=C3)CC1. The second-order valence-electron chi connectivity index (χ2n) is 7.95. The van der Waals surface area contributed by atoms with Crippen molar-refractivity contribution >= 4 is 17.7 Å². The summed E-state index contributed by atoms with van der Waals surface area (Å²) in [6.45, 7) is 4.49. The standard InChI is InChI=1S/C20H23N7O2/c21-12-20(3-4-20)19(28)25-16-10-22-26-17(16)18-23-14-2-1-13(9-15(14)24-18)11-27-5-7-29-8-6-27/h9-10H,1-8,11H2,(H,22,26)(H,23,24)(H,25,28). The number of ether oxygens (including phenoxy) is 1. The topological polar surface area (TPSA) is 123 Å². The molecule has 3 aliphatic rings. The van der Waals surface area contributed by atoms with Gasteiger partial charge in [0, 0.05) is 25.3 Å². The molecule has 1 saturated carbocycles. The minimum absolute atomic E-state index is 0.272. The van der Waals surface area contributed by atoms with E-state index in [-0.39, 0.29) is 5.91 Å². The highest BCUT2D eigenvalue weighted by Crippen LogP contribution is 2.46. The molecule has 3 heterocycles. The maximum absolute atomic E-state index is 12.4. The number of anilines is 1. The molecular formula is C20H23N7O2. The number of nitriles is 1. The molecule has 0 aromatic carbocycles. The number of aryl methyl sites for hydroxylation is 1. The van der Waals surface area contributed by atoms with Crippen LogP contribution in [0, 0.1) is 16.7 Å². The number of nitrogens with zero attached hydrogens (tertiary/aromatic N) is 4. The molecule has 0 unspecified atom stereocenters. The monoisotopic (exact) mass is 393 g/mol. The zero-order valence-corrected chi connectivity index (χ0v) is 16.1. The number of H-pyrrole nitrogens is 2. The Labute approximate surface area is 168 Å². The van der Waals surface area contributed by atoms with Crippen LogP contribution in [0.3, 0.4) is 0 Å². The molecule has 0 atom stereocenters. The van der Waals surface area contributed by atoms with E-state index < -0.39 is 5.41 Å². The number of morpholine rings is 1. The number of nitrogens with one attached hydrogen (secondary N) is 3. The van der Waals surface area contributed by atoms with Crippen molar-refractivity contribution in [3.05, 3.63) is 23.2 Å². The first-order valence-corrected chi connectivity index (χ1v) is 10.0. The summed E-state index contributed by atoms with van der Waals surface area (Å²) in [5, 5.41) is 19.0. The lowest BCUT2D eigenvalue weighted by Crippen LogP contribution is -2.37. The Balaban J connectivity index is 1.34. The van der Waals surface area contributed by atoms with Crippen molar-refractivity contribution in [3.8, 4) is 17.6 Å². The van der Waals surface area contributed by atoms with Crippen LogP contribution in [-0.2, 0) is 16.0 Å². The van der Waals surface area contributed by atoms with Gasteiger partial charge in [-0.15, -0.1) is 0 Å². The highest BCUT2D eigenvalue weighted by atomic mass is 16.5. The zero-order valence-electron chi connectivity index (χ0n) is 16.1. The predicted molar refractivity (Wildman–Crippen MR) is 106 cm³/mol. The zero-order chi connectivity index (χ0) is 19.8. The first kappa shape index (κ1) is 18.1. The Morgan fingerprint density at radius 1 is 1.34 bits per heavy atom. The Hall–Kier alpha value is -2.96. The van der Waals surface area contributed by atoms with E-state index in [4.69, 9.17) is 9.72 Å². The fraction of sp³-hybridized carbons (Fsp3) is 0.500. The van der Waals surface area contributed by atoms with Gasteiger partial charge in [-0.3, -0.25) is 14.8 Å². The fourth-order valence-corrected chi connectivity index (χ4v) is 3.89. The number of fused-ring (bicyclic) bond motifs is 1. The summed E-state index contributed by atoms with van der Waals surface area (Å²) in [7, 11) is 0. The van der Waals surface area contributed by atoms with Crippen molar-refractivity contribution in [1.82, 2.24) is 25.1 Å².